The van der Waals surface area contributed by atoms with E-state index < -0.39 is 0 Å². The van der Waals surface area contributed by atoms with Gasteiger partial charge >= 0.3 is 5.69 Å². The molecule has 0 saturated heterocycles. The van der Waals surface area contributed by atoms with E-state index in [-0.39, 0.29) is 11.7 Å². The zero-order chi connectivity index (χ0) is 13.0. The fourth-order valence-electron chi connectivity index (χ4n) is 2.69. The van der Waals surface area contributed by atoms with Crippen molar-refractivity contribution >= 4 is 0 Å². The van der Waals surface area contributed by atoms with Gasteiger partial charge in [0, 0.05) is 37.6 Å². The molecule has 1 heterocycles. The van der Waals surface area contributed by atoms with Crippen molar-refractivity contribution in [3.05, 3.63) is 22.9 Å². The molecule has 18 heavy (non-hydrogen) atoms. The largest absolute Gasteiger partial charge is 0.328 e. The van der Waals surface area contributed by atoms with Gasteiger partial charge in [-0.05, 0) is 26.7 Å². The Morgan fingerprint density at radius 3 is 2.61 bits per heavy atom. The summed E-state index contributed by atoms with van der Waals surface area (Å²) < 4.78 is 3.58. The van der Waals surface area contributed by atoms with E-state index in [0.29, 0.717) is 6.04 Å². The topological polar surface area (TPSA) is 39.0 Å². The molecule has 1 aromatic rings. The van der Waals surface area contributed by atoms with E-state index in [2.05, 4.69) is 5.32 Å². The van der Waals surface area contributed by atoms with E-state index in [1.54, 1.807) is 9.13 Å². The fourth-order valence-corrected chi connectivity index (χ4v) is 2.69. The molecular formula is C14H25N3O. The lowest BCUT2D eigenvalue weighted by molar-refractivity contribution is 0.366. The normalized spacial score (nSPS) is 17.5. The summed E-state index contributed by atoms with van der Waals surface area (Å²) >= 11 is 0. The van der Waals surface area contributed by atoms with Crippen LogP contribution in [0.15, 0.2) is 17.2 Å². The van der Waals surface area contributed by atoms with Crippen LogP contribution < -0.4 is 11.0 Å². The molecule has 102 valence electrons. The summed E-state index contributed by atoms with van der Waals surface area (Å²) in [5.41, 5.74) is 0.107. The Hall–Kier alpha value is -1.03. The van der Waals surface area contributed by atoms with Crippen molar-refractivity contribution in [2.45, 2.75) is 64.6 Å². The van der Waals surface area contributed by atoms with Crippen LogP contribution >= 0.6 is 0 Å². The second-order valence-corrected chi connectivity index (χ2v) is 5.56. The molecule has 2 rings (SSSR count). The molecule has 4 nitrogen and oxygen atoms in total. The third-order valence-electron chi connectivity index (χ3n) is 3.82. The predicted molar refractivity (Wildman–Crippen MR) is 74.0 cm³/mol. The van der Waals surface area contributed by atoms with E-state index in [4.69, 9.17) is 0 Å². The third-order valence-corrected chi connectivity index (χ3v) is 3.82. The molecule has 0 aliphatic heterocycles. The van der Waals surface area contributed by atoms with Crippen LogP contribution in [0.3, 0.4) is 0 Å². The van der Waals surface area contributed by atoms with Crippen LogP contribution in [0.1, 0.15) is 52.0 Å². The highest BCUT2D eigenvalue weighted by atomic mass is 16.1. The number of imidazole rings is 1. The second-order valence-electron chi connectivity index (χ2n) is 5.56. The molecular weight excluding hydrogens is 226 g/mol. The number of aromatic nitrogens is 2. The number of hydrogen-bond donors (Lipinski definition) is 1. The number of nitrogens with one attached hydrogen (secondary N) is 1. The average molecular weight is 251 g/mol. The monoisotopic (exact) mass is 251 g/mol. The highest BCUT2D eigenvalue weighted by Crippen LogP contribution is 2.16. The molecule has 0 bridgehead atoms. The van der Waals surface area contributed by atoms with Crippen LogP contribution in [0, 0.1) is 0 Å². The first-order valence-electron chi connectivity index (χ1n) is 7.19. The summed E-state index contributed by atoms with van der Waals surface area (Å²) in [4.78, 5) is 12.0. The molecule has 0 atom stereocenters. The second kappa shape index (κ2) is 6.23. The van der Waals surface area contributed by atoms with Crippen LogP contribution in [0.5, 0.6) is 0 Å². The van der Waals surface area contributed by atoms with Gasteiger partial charge in [0.2, 0.25) is 0 Å². The lowest BCUT2D eigenvalue weighted by Gasteiger charge is -2.22. The molecule has 0 spiro atoms. The lowest BCUT2D eigenvalue weighted by atomic mass is 9.95. The highest BCUT2D eigenvalue weighted by Gasteiger charge is 2.12. The molecule has 0 radical (unpaired) electrons. The Morgan fingerprint density at radius 1 is 1.28 bits per heavy atom. The van der Waals surface area contributed by atoms with E-state index in [1.807, 2.05) is 26.2 Å². The SMILES string of the molecule is CC(C)n1ccn(CCNC2CCCCC2)c1=O. The lowest BCUT2D eigenvalue weighted by Crippen LogP contribution is -2.35. The Kier molecular flexibility index (Phi) is 4.64. The summed E-state index contributed by atoms with van der Waals surface area (Å²) in [6, 6.07) is 0.909. The van der Waals surface area contributed by atoms with Crippen LogP contribution in [-0.4, -0.2) is 21.7 Å². The van der Waals surface area contributed by atoms with Crippen molar-refractivity contribution in [1.82, 2.24) is 14.5 Å². The molecule has 0 unspecified atom stereocenters. The molecule has 1 fully saturated rings. The highest BCUT2D eigenvalue weighted by molar-refractivity contribution is 4.84. The maximum absolute atomic E-state index is 12.0. The van der Waals surface area contributed by atoms with Gasteiger partial charge in [-0.1, -0.05) is 19.3 Å². The third kappa shape index (κ3) is 3.25. The summed E-state index contributed by atoms with van der Waals surface area (Å²) in [6.07, 6.45) is 10.4. The Morgan fingerprint density at radius 2 is 2.00 bits per heavy atom. The van der Waals surface area contributed by atoms with E-state index in [1.165, 1.54) is 32.1 Å². The van der Waals surface area contributed by atoms with Gasteiger partial charge in [-0.3, -0.25) is 9.13 Å². The minimum absolute atomic E-state index is 0.107. The van der Waals surface area contributed by atoms with Gasteiger partial charge in [-0.15, -0.1) is 0 Å². The van der Waals surface area contributed by atoms with Crippen molar-refractivity contribution in [1.29, 1.82) is 0 Å². The molecule has 1 saturated carbocycles. The Labute approximate surface area is 109 Å². The maximum atomic E-state index is 12.0. The molecule has 1 N–H and O–H groups in total. The van der Waals surface area contributed by atoms with E-state index in [9.17, 15) is 4.79 Å². The van der Waals surface area contributed by atoms with Gasteiger partial charge in [-0.2, -0.15) is 0 Å². The minimum Gasteiger partial charge on any atom is -0.312 e. The quantitative estimate of drug-likeness (QED) is 0.871. The molecule has 0 aromatic carbocycles. The zero-order valence-electron chi connectivity index (χ0n) is 11.6. The van der Waals surface area contributed by atoms with Gasteiger partial charge in [0.05, 0.1) is 0 Å². The molecule has 1 aliphatic carbocycles. The van der Waals surface area contributed by atoms with Crippen molar-refractivity contribution in [2.75, 3.05) is 6.54 Å². The first-order valence-corrected chi connectivity index (χ1v) is 7.19. The maximum Gasteiger partial charge on any atom is 0.328 e. The Balaban J connectivity index is 1.81. The van der Waals surface area contributed by atoms with Crippen LogP contribution in [0.4, 0.5) is 0 Å². The summed E-state index contributed by atoms with van der Waals surface area (Å²) in [5, 5.41) is 3.57. The van der Waals surface area contributed by atoms with Gasteiger partial charge in [-0.25, -0.2) is 4.79 Å². The summed E-state index contributed by atoms with van der Waals surface area (Å²) in [7, 11) is 0. The van der Waals surface area contributed by atoms with Crippen LogP contribution in [0.2, 0.25) is 0 Å². The van der Waals surface area contributed by atoms with Crippen molar-refractivity contribution in [3.63, 3.8) is 0 Å². The molecule has 1 aromatic heterocycles. The van der Waals surface area contributed by atoms with Gasteiger partial charge in [0.1, 0.15) is 0 Å². The average Bonchev–Trinajstić information content (AvgIpc) is 2.73. The van der Waals surface area contributed by atoms with Gasteiger partial charge < -0.3 is 5.32 Å². The Bertz CT molecular complexity index is 413. The van der Waals surface area contributed by atoms with E-state index in [0.717, 1.165) is 13.1 Å². The van der Waals surface area contributed by atoms with Crippen molar-refractivity contribution in [3.8, 4) is 0 Å². The van der Waals surface area contributed by atoms with Gasteiger partial charge in [0.15, 0.2) is 0 Å². The first kappa shape index (κ1) is 13.4. The zero-order valence-corrected chi connectivity index (χ0v) is 11.6. The van der Waals surface area contributed by atoms with Crippen LogP contribution in [-0.2, 0) is 6.54 Å². The van der Waals surface area contributed by atoms with Crippen LogP contribution in [0.25, 0.3) is 0 Å². The molecule has 1 aliphatic rings. The minimum atomic E-state index is 0.107. The number of nitrogens with zero attached hydrogens (tertiary/aromatic N) is 2. The first-order chi connectivity index (χ1) is 8.68. The van der Waals surface area contributed by atoms with Gasteiger partial charge in [0.25, 0.3) is 0 Å². The van der Waals surface area contributed by atoms with Crippen molar-refractivity contribution in [2.24, 2.45) is 0 Å². The van der Waals surface area contributed by atoms with Crippen molar-refractivity contribution < 1.29 is 0 Å². The fraction of sp³-hybridized carbons (Fsp3) is 0.786. The number of rotatable bonds is 5. The summed E-state index contributed by atoms with van der Waals surface area (Å²) in [6.45, 7) is 5.74. The smallest absolute Gasteiger partial charge is 0.312 e. The summed E-state index contributed by atoms with van der Waals surface area (Å²) in [5.74, 6) is 0. The molecule has 0 amide bonds. The number of hydrogen-bond acceptors (Lipinski definition) is 2. The molecule has 4 heteroatoms. The predicted octanol–water partition coefficient (Wildman–Crippen LogP) is 2.15. The van der Waals surface area contributed by atoms with E-state index >= 15 is 0 Å². The standard InChI is InChI=1S/C14H25N3O/c1-12(2)17-11-10-16(14(17)18)9-8-15-13-6-4-3-5-7-13/h10-13,15H,3-9H2,1-2H3.